The summed E-state index contributed by atoms with van der Waals surface area (Å²) in [5.74, 6) is 0. The molecule has 2 N–H and O–H groups in total. The fourth-order valence-electron chi connectivity index (χ4n) is 2.82. The van der Waals surface area contributed by atoms with Gasteiger partial charge in [-0.1, -0.05) is 13.8 Å². The zero-order valence-electron chi connectivity index (χ0n) is 10.00. The standard InChI is InChI=1S/C12H24N2O/c1-12(2)5-3-6-13-11(12)9-14-7-4-10(15)8-14/h10-11,13,15H,3-9H2,1-2H3. The van der Waals surface area contributed by atoms with Gasteiger partial charge in [0.05, 0.1) is 6.10 Å². The number of aliphatic hydroxyl groups excluding tert-OH is 1. The third kappa shape index (κ3) is 2.71. The highest BCUT2D eigenvalue weighted by Gasteiger charge is 2.34. The van der Waals surface area contributed by atoms with Crippen LogP contribution in [0.15, 0.2) is 0 Å². The van der Waals surface area contributed by atoms with E-state index < -0.39 is 0 Å². The lowest BCUT2D eigenvalue weighted by molar-refractivity contribution is 0.124. The van der Waals surface area contributed by atoms with Gasteiger partial charge < -0.3 is 10.4 Å². The maximum Gasteiger partial charge on any atom is 0.0679 e. The van der Waals surface area contributed by atoms with Crippen LogP contribution in [0.5, 0.6) is 0 Å². The molecule has 2 aliphatic rings. The molecule has 15 heavy (non-hydrogen) atoms. The van der Waals surface area contributed by atoms with E-state index >= 15 is 0 Å². The van der Waals surface area contributed by atoms with E-state index in [-0.39, 0.29) is 6.10 Å². The lowest BCUT2D eigenvalue weighted by Gasteiger charge is -2.41. The minimum absolute atomic E-state index is 0.0864. The Kier molecular flexibility index (Phi) is 3.33. The van der Waals surface area contributed by atoms with Crippen LogP contribution in [0, 0.1) is 5.41 Å². The Morgan fingerprint density at radius 1 is 1.47 bits per heavy atom. The highest BCUT2D eigenvalue weighted by atomic mass is 16.3. The normalized spacial score (nSPS) is 37.0. The first kappa shape index (κ1) is 11.4. The predicted molar refractivity (Wildman–Crippen MR) is 61.9 cm³/mol. The fraction of sp³-hybridized carbons (Fsp3) is 1.00. The van der Waals surface area contributed by atoms with Gasteiger partial charge in [0.25, 0.3) is 0 Å². The minimum Gasteiger partial charge on any atom is -0.392 e. The summed E-state index contributed by atoms with van der Waals surface area (Å²) in [6.07, 6.45) is 3.48. The van der Waals surface area contributed by atoms with E-state index in [0.717, 1.165) is 32.6 Å². The third-order valence-corrected chi connectivity index (χ3v) is 4.02. The van der Waals surface area contributed by atoms with Crippen molar-refractivity contribution >= 4 is 0 Å². The van der Waals surface area contributed by atoms with Gasteiger partial charge in [-0.15, -0.1) is 0 Å². The lowest BCUT2D eigenvalue weighted by atomic mass is 9.77. The second-order valence-corrected chi connectivity index (χ2v) is 5.80. The molecule has 3 nitrogen and oxygen atoms in total. The van der Waals surface area contributed by atoms with Gasteiger partial charge in [-0.3, -0.25) is 4.90 Å². The molecule has 0 amide bonds. The molecular formula is C12H24N2O. The molecule has 2 atom stereocenters. The van der Waals surface area contributed by atoms with Crippen molar-refractivity contribution < 1.29 is 5.11 Å². The lowest BCUT2D eigenvalue weighted by Crippen LogP contribution is -2.52. The first-order valence-electron chi connectivity index (χ1n) is 6.22. The van der Waals surface area contributed by atoms with Crippen LogP contribution in [-0.2, 0) is 0 Å². The van der Waals surface area contributed by atoms with Crippen LogP contribution >= 0.6 is 0 Å². The van der Waals surface area contributed by atoms with Gasteiger partial charge in [0, 0.05) is 25.7 Å². The van der Waals surface area contributed by atoms with Gasteiger partial charge in [0.1, 0.15) is 0 Å². The molecule has 0 aliphatic carbocycles. The Hall–Kier alpha value is -0.120. The molecule has 0 bridgehead atoms. The van der Waals surface area contributed by atoms with Gasteiger partial charge in [0.15, 0.2) is 0 Å². The molecule has 2 fully saturated rings. The van der Waals surface area contributed by atoms with Gasteiger partial charge in [-0.25, -0.2) is 0 Å². The van der Waals surface area contributed by atoms with E-state index in [1.165, 1.54) is 12.8 Å². The van der Waals surface area contributed by atoms with E-state index in [9.17, 15) is 5.11 Å². The van der Waals surface area contributed by atoms with E-state index in [4.69, 9.17) is 0 Å². The van der Waals surface area contributed by atoms with Crippen LogP contribution < -0.4 is 5.32 Å². The summed E-state index contributed by atoms with van der Waals surface area (Å²) < 4.78 is 0. The summed E-state index contributed by atoms with van der Waals surface area (Å²) in [7, 11) is 0. The van der Waals surface area contributed by atoms with E-state index in [1.807, 2.05) is 0 Å². The number of rotatable bonds is 2. The van der Waals surface area contributed by atoms with Crippen molar-refractivity contribution in [1.29, 1.82) is 0 Å². The van der Waals surface area contributed by atoms with Gasteiger partial charge >= 0.3 is 0 Å². The number of β-amino-alcohol motifs (C(OH)–C–C–N with tert-alkyl or cyclic N) is 1. The maximum atomic E-state index is 9.50. The molecule has 2 saturated heterocycles. The molecule has 2 rings (SSSR count). The molecule has 0 radical (unpaired) electrons. The average molecular weight is 212 g/mol. The molecule has 88 valence electrons. The zero-order chi connectivity index (χ0) is 10.9. The summed E-state index contributed by atoms with van der Waals surface area (Å²) in [5, 5.41) is 13.1. The number of hydrogen-bond acceptors (Lipinski definition) is 3. The molecule has 0 saturated carbocycles. The number of hydrogen-bond donors (Lipinski definition) is 2. The highest BCUT2D eigenvalue weighted by molar-refractivity contribution is 4.91. The SMILES string of the molecule is CC1(C)CCCNC1CN1CCC(O)C1. The highest BCUT2D eigenvalue weighted by Crippen LogP contribution is 2.30. The van der Waals surface area contributed by atoms with Crippen LogP contribution in [0.3, 0.4) is 0 Å². The van der Waals surface area contributed by atoms with Crippen LogP contribution in [0.25, 0.3) is 0 Å². The number of aliphatic hydroxyl groups is 1. The predicted octanol–water partition coefficient (Wildman–Crippen LogP) is 0.831. The molecule has 0 aromatic carbocycles. The first-order valence-corrected chi connectivity index (χ1v) is 6.22. The molecule has 2 unspecified atom stereocenters. The number of nitrogens with zero attached hydrogens (tertiary/aromatic N) is 1. The van der Waals surface area contributed by atoms with Crippen molar-refractivity contribution in [3.05, 3.63) is 0 Å². The van der Waals surface area contributed by atoms with Crippen molar-refractivity contribution in [1.82, 2.24) is 10.2 Å². The second kappa shape index (κ2) is 4.40. The van der Waals surface area contributed by atoms with Gasteiger partial charge in [-0.05, 0) is 31.2 Å². The summed E-state index contributed by atoms with van der Waals surface area (Å²) in [6, 6.07) is 0.594. The van der Waals surface area contributed by atoms with E-state index in [2.05, 4.69) is 24.1 Å². The summed E-state index contributed by atoms with van der Waals surface area (Å²) in [4.78, 5) is 2.40. The Balaban J connectivity index is 1.87. The fourth-order valence-corrected chi connectivity index (χ4v) is 2.82. The van der Waals surface area contributed by atoms with Crippen LogP contribution in [0.1, 0.15) is 33.1 Å². The van der Waals surface area contributed by atoms with E-state index in [0.29, 0.717) is 11.5 Å². The van der Waals surface area contributed by atoms with Crippen molar-refractivity contribution in [2.75, 3.05) is 26.2 Å². The first-order chi connectivity index (χ1) is 7.08. The molecule has 0 spiro atoms. The molecular weight excluding hydrogens is 188 g/mol. The molecule has 0 aromatic rings. The topological polar surface area (TPSA) is 35.5 Å². The van der Waals surface area contributed by atoms with Crippen molar-refractivity contribution in [2.45, 2.75) is 45.3 Å². The van der Waals surface area contributed by atoms with Crippen molar-refractivity contribution in [3.8, 4) is 0 Å². The minimum atomic E-state index is -0.0864. The van der Waals surface area contributed by atoms with E-state index in [1.54, 1.807) is 0 Å². The maximum absolute atomic E-state index is 9.50. The zero-order valence-corrected chi connectivity index (χ0v) is 10.00. The average Bonchev–Trinajstić information content (AvgIpc) is 2.55. The van der Waals surface area contributed by atoms with Gasteiger partial charge in [-0.2, -0.15) is 0 Å². The Labute approximate surface area is 92.8 Å². The van der Waals surface area contributed by atoms with Crippen LogP contribution in [0.2, 0.25) is 0 Å². The summed E-state index contributed by atoms with van der Waals surface area (Å²) in [6.45, 7) is 8.91. The number of nitrogens with one attached hydrogen (secondary N) is 1. The van der Waals surface area contributed by atoms with Crippen LogP contribution in [-0.4, -0.2) is 48.3 Å². The Morgan fingerprint density at radius 3 is 2.87 bits per heavy atom. The number of piperidine rings is 1. The molecule has 3 heteroatoms. The second-order valence-electron chi connectivity index (χ2n) is 5.80. The Bertz CT molecular complexity index is 218. The largest absolute Gasteiger partial charge is 0.392 e. The third-order valence-electron chi connectivity index (χ3n) is 4.02. The molecule has 2 aliphatic heterocycles. The summed E-state index contributed by atoms with van der Waals surface area (Å²) in [5.41, 5.74) is 0.409. The Morgan fingerprint density at radius 2 is 2.27 bits per heavy atom. The van der Waals surface area contributed by atoms with Crippen molar-refractivity contribution in [2.24, 2.45) is 5.41 Å². The smallest absolute Gasteiger partial charge is 0.0679 e. The molecule has 0 aromatic heterocycles. The number of likely N-dealkylation sites (tertiary alicyclic amines) is 1. The van der Waals surface area contributed by atoms with Crippen LogP contribution in [0.4, 0.5) is 0 Å². The van der Waals surface area contributed by atoms with Crippen molar-refractivity contribution in [3.63, 3.8) is 0 Å². The summed E-state index contributed by atoms with van der Waals surface area (Å²) >= 11 is 0. The van der Waals surface area contributed by atoms with Gasteiger partial charge in [0.2, 0.25) is 0 Å². The molecule has 2 heterocycles. The monoisotopic (exact) mass is 212 g/mol. The quantitative estimate of drug-likeness (QED) is 0.712.